The molecule has 0 aromatic heterocycles. The molecule has 0 radical (unpaired) electrons. The Balaban J connectivity index is 1.98. The third-order valence-corrected chi connectivity index (χ3v) is 6.81. The number of carbonyl (C=O) groups is 1. The van der Waals surface area contributed by atoms with E-state index in [-0.39, 0.29) is 10.6 Å². The van der Waals surface area contributed by atoms with Gasteiger partial charge in [0.2, 0.25) is 10.0 Å². The van der Waals surface area contributed by atoms with Crippen molar-refractivity contribution >= 4 is 27.3 Å². The maximum absolute atomic E-state index is 14.4. The fourth-order valence-corrected chi connectivity index (χ4v) is 4.91. The van der Waals surface area contributed by atoms with Crippen LogP contribution in [-0.4, -0.2) is 33.5 Å². The summed E-state index contributed by atoms with van der Waals surface area (Å²) in [6, 6.07) is 5.30. The summed E-state index contributed by atoms with van der Waals surface area (Å²) in [5.41, 5.74) is -1.29. The average Bonchev–Trinajstić information content (AvgIpc) is 2.73. The smallest absolute Gasteiger partial charge is 0.370 e. The second-order valence-electron chi connectivity index (χ2n) is 8.15. The van der Waals surface area contributed by atoms with Crippen LogP contribution in [0.5, 0.6) is 0 Å². The van der Waals surface area contributed by atoms with Gasteiger partial charge in [-0.1, -0.05) is 0 Å². The average molecular weight is 488 g/mol. The zero-order valence-electron chi connectivity index (χ0n) is 18.2. The molecule has 3 rings (SSSR count). The molecule has 2 aromatic rings. The predicted octanol–water partition coefficient (Wildman–Crippen LogP) is 4.77. The zero-order chi connectivity index (χ0) is 24.4. The highest BCUT2D eigenvalue weighted by Gasteiger charge is 2.32. The molecule has 33 heavy (non-hydrogen) atoms. The maximum atomic E-state index is 14.4. The van der Waals surface area contributed by atoms with E-state index >= 15 is 0 Å². The molecule has 0 spiro atoms. The molecule has 2 N–H and O–H groups in total. The van der Waals surface area contributed by atoms with Gasteiger partial charge in [-0.05, 0) is 69.5 Å². The number of piperidine rings is 1. The Morgan fingerprint density at radius 1 is 1.03 bits per heavy atom. The number of anilines is 2. The number of carbonyl (C=O) groups excluding carboxylic acids is 1. The summed E-state index contributed by atoms with van der Waals surface area (Å²) in [6.07, 6.45) is -1.94. The van der Waals surface area contributed by atoms with E-state index < -0.39 is 45.1 Å². The van der Waals surface area contributed by atoms with Crippen molar-refractivity contribution in [3.8, 4) is 0 Å². The molecule has 1 aliphatic rings. The third-order valence-electron chi connectivity index (χ3n) is 5.15. The summed E-state index contributed by atoms with van der Waals surface area (Å²) in [7, 11) is -4.01. The lowest BCUT2D eigenvalue weighted by molar-refractivity contribution is -0.137. The van der Waals surface area contributed by atoms with Crippen molar-refractivity contribution in [1.29, 1.82) is 0 Å². The number of hydrogen-bond donors (Lipinski definition) is 2. The number of alkyl halides is 3. The monoisotopic (exact) mass is 487 g/mol. The predicted molar refractivity (Wildman–Crippen MR) is 117 cm³/mol. The summed E-state index contributed by atoms with van der Waals surface area (Å²) >= 11 is 0. The van der Waals surface area contributed by atoms with E-state index in [2.05, 4.69) is 10.0 Å². The van der Waals surface area contributed by atoms with Gasteiger partial charge in [-0.15, -0.1) is 0 Å². The first-order chi connectivity index (χ1) is 15.4. The van der Waals surface area contributed by atoms with E-state index in [9.17, 15) is 30.8 Å². The van der Waals surface area contributed by atoms with Crippen molar-refractivity contribution < 1.29 is 30.8 Å². The van der Waals surface area contributed by atoms with Gasteiger partial charge in [0.1, 0.15) is 5.82 Å². The molecular weight excluding hydrogens is 462 g/mol. The molecule has 0 unspecified atom stereocenters. The van der Waals surface area contributed by atoms with Crippen molar-refractivity contribution in [2.75, 3.05) is 23.3 Å². The van der Waals surface area contributed by atoms with Gasteiger partial charge in [-0.2, -0.15) is 13.2 Å². The molecule has 1 fully saturated rings. The fourth-order valence-electron chi connectivity index (χ4n) is 3.64. The highest BCUT2D eigenvalue weighted by molar-refractivity contribution is 7.89. The van der Waals surface area contributed by atoms with Crippen LogP contribution in [0.15, 0.2) is 41.3 Å². The van der Waals surface area contributed by atoms with Crippen molar-refractivity contribution in [1.82, 2.24) is 4.72 Å². The molecule has 2 aromatic carbocycles. The Hall–Kier alpha value is -2.66. The van der Waals surface area contributed by atoms with Crippen LogP contribution in [0.3, 0.4) is 0 Å². The molecule has 1 saturated heterocycles. The molecule has 0 aliphatic carbocycles. The molecular formula is C22H25F4N3O3S. The highest BCUT2D eigenvalue weighted by Crippen LogP contribution is 2.36. The van der Waals surface area contributed by atoms with E-state index in [0.717, 1.165) is 49.6 Å². The van der Waals surface area contributed by atoms with Crippen LogP contribution in [0, 0.1) is 5.82 Å². The minimum absolute atomic E-state index is 0.121. The van der Waals surface area contributed by atoms with Crippen molar-refractivity contribution in [3.05, 3.63) is 53.3 Å². The van der Waals surface area contributed by atoms with E-state index in [4.69, 9.17) is 0 Å². The number of hydrogen-bond acceptors (Lipinski definition) is 4. The summed E-state index contributed by atoms with van der Waals surface area (Å²) in [6.45, 7) is 4.42. The van der Waals surface area contributed by atoms with E-state index in [1.54, 1.807) is 13.8 Å². The van der Waals surface area contributed by atoms with Crippen molar-refractivity contribution in [2.24, 2.45) is 0 Å². The van der Waals surface area contributed by atoms with Gasteiger partial charge in [0, 0.05) is 19.1 Å². The first kappa shape index (κ1) is 25.0. The lowest BCUT2D eigenvalue weighted by atomic mass is 10.1. The number of rotatable bonds is 6. The van der Waals surface area contributed by atoms with Crippen LogP contribution in [-0.2, 0) is 16.2 Å². The maximum Gasteiger partial charge on any atom is 0.416 e. The Morgan fingerprint density at radius 3 is 2.30 bits per heavy atom. The van der Waals surface area contributed by atoms with Gasteiger partial charge >= 0.3 is 6.18 Å². The van der Waals surface area contributed by atoms with Gasteiger partial charge in [0.05, 0.1) is 27.4 Å². The lowest BCUT2D eigenvalue weighted by Crippen LogP contribution is -2.31. The molecule has 0 bridgehead atoms. The van der Waals surface area contributed by atoms with Crippen molar-refractivity contribution in [2.45, 2.75) is 50.2 Å². The van der Waals surface area contributed by atoms with E-state index in [1.165, 1.54) is 6.07 Å². The number of amides is 1. The number of sulfonamides is 1. The Morgan fingerprint density at radius 2 is 1.70 bits per heavy atom. The minimum atomic E-state index is -4.64. The standard InChI is InChI=1S/C22H25F4N3O3S/c1-14(2)28-33(31,32)16-7-8-18(23)17(13-16)21(30)27-19-12-15(22(24,25)26)6-9-20(19)29-10-4-3-5-11-29/h6-9,12-14,28H,3-5,10-11H2,1-2H3,(H,27,30). The normalized spacial score (nSPS) is 15.1. The quantitative estimate of drug-likeness (QED) is 0.576. The van der Waals surface area contributed by atoms with Crippen LogP contribution in [0.4, 0.5) is 28.9 Å². The van der Waals surface area contributed by atoms with Crippen LogP contribution in [0.25, 0.3) is 0 Å². The second-order valence-corrected chi connectivity index (χ2v) is 9.86. The Kier molecular flexibility index (Phi) is 7.32. The summed E-state index contributed by atoms with van der Waals surface area (Å²) in [5, 5.41) is 2.36. The van der Waals surface area contributed by atoms with Crippen LogP contribution in [0.2, 0.25) is 0 Å². The van der Waals surface area contributed by atoms with Gasteiger partial charge in [0.15, 0.2) is 0 Å². The molecule has 1 heterocycles. The molecule has 1 aliphatic heterocycles. The SMILES string of the molecule is CC(C)NS(=O)(=O)c1ccc(F)c(C(=O)Nc2cc(C(F)(F)F)ccc2N2CCCCC2)c1. The molecule has 180 valence electrons. The van der Waals surface area contributed by atoms with Gasteiger partial charge in [0.25, 0.3) is 5.91 Å². The van der Waals surface area contributed by atoms with Gasteiger partial charge < -0.3 is 10.2 Å². The molecule has 6 nitrogen and oxygen atoms in total. The van der Waals surface area contributed by atoms with E-state index in [0.29, 0.717) is 18.8 Å². The zero-order valence-corrected chi connectivity index (χ0v) is 19.0. The van der Waals surface area contributed by atoms with Crippen LogP contribution < -0.4 is 14.9 Å². The minimum Gasteiger partial charge on any atom is -0.370 e. The number of nitrogens with zero attached hydrogens (tertiary/aromatic N) is 1. The first-order valence-corrected chi connectivity index (χ1v) is 12.0. The van der Waals surface area contributed by atoms with Crippen LogP contribution >= 0.6 is 0 Å². The molecule has 0 atom stereocenters. The number of benzene rings is 2. The first-order valence-electron chi connectivity index (χ1n) is 10.5. The fraction of sp³-hybridized carbons (Fsp3) is 0.409. The summed E-state index contributed by atoms with van der Waals surface area (Å²) in [5.74, 6) is -2.05. The third kappa shape index (κ3) is 6.02. The Labute approximate surface area is 190 Å². The van der Waals surface area contributed by atoms with Gasteiger partial charge in [-0.25, -0.2) is 17.5 Å². The molecule has 11 heteroatoms. The number of halogens is 4. The van der Waals surface area contributed by atoms with E-state index in [1.807, 2.05) is 4.90 Å². The summed E-state index contributed by atoms with van der Waals surface area (Å²) < 4.78 is 81.5. The second kappa shape index (κ2) is 9.68. The molecule has 0 saturated carbocycles. The topological polar surface area (TPSA) is 78.5 Å². The number of nitrogens with one attached hydrogen (secondary N) is 2. The van der Waals surface area contributed by atoms with Crippen molar-refractivity contribution in [3.63, 3.8) is 0 Å². The van der Waals surface area contributed by atoms with Crippen LogP contribution in [0.1, 0.15) is 49.0 Å². The Bertz CT molecular complexity index is 1130. The largest absolute Gasteiger partial charge is 0.416 e. The highest BCUT2D eigenvalue weighted by atomic mass is 32.2. The lowest BCUT2D eigenvalue weighted by Gasteiger charge is -2.31. The summed E-state index contributed by atoms with van der Waals surface area (Å²) in [4.78, 5) is 14.4. The van der Waals surface area contributed by atoms with Gasteiger partial charge in [-0.3, -0.25) is 4.79 Å². The molecule has 1 amide bonds.